The highest BCUT2D eigenvalue weighted by Gasteiger charge is 2.47. The lowest BCUT2D eigenvalue weighted by atomic mass is 10.0. The summed E-state index contributed by atoms with van der Waals surface area (Å²) in [6.07, 6.45) is 3.96. The topological polar surface area (TPSA) is 37.4 Å². The second-order valence-corrected chi connectivity index (χ2v) is 10.5. The Labute approximate surface area is 171 Å². The van der Waals surface area contributed by atoms with Crippen LogP contribution in [0.5, 0.6) is 0 Å². The molecule has 140 valence electrons. The largest absolute Gasteiger partial charge is 0.243 e. The van der Waals surface area contributed by atoms with Gasteiger partial charge >= 0.3 is 0 Å². The average molecular weight is 483 g/mol. The summed E-state index contributed by atoms with van der Waals surface area (Å²) in [5.74, 6) is 0. The standard InChI is InChI=1S/C21H26INO2S/c1-3-4-10-18-15-20(22)21(17-8-6-5-7-9-17)23(18)26(24,25)19-13-11-16(2)12-14-19/h5-9,11-14,18,20-21H,3-4,10,15H2,1-2H3/t18-,20+,21-/m0/s1. The van der Waals surface area contributed by atoms with Gasteiger partial charge in [0.15, 0.2) is 0 Å². The maximum absolute atomic E-state index is 13.6. The third kappa shape index (κ3) is 3.99. The molecule has 0 saturated carbocycles. The van der Waals surface area contributed by atoms with E-state index in [0.717, 1.165) is 36.8 Å². The average Bonchev–Trinajstić information content (AvgIpc) is 2.98. The Kier molecular flexibility index (Phi) is 6.41. The number of hydrogen-bond acceptors (Lipinski definition) is 2. The van der Waals surface area contributed by atoms with Gasteiger partial charge in [0.2, 0.25) is 10.0 Å². The van der Waals surface area contributed by atoms with Crippen LogP contribution in [-0.2, 0) is 10.0 Å². The van der Waals surface area contributed by atoms with E-state index in [1.807, 2.05) is 37.3 Å². The van der Waals surface area contributed by atoms with Crippen molar-refractivity contribution in [3.05, 3.63) is 65.7 Å². The fourth-order valence-corrected chi connectivity index (χ4v) is 7.19. The van der Waals surface area contributed by atoms with E-state index >= 15 is 0 Å². The summed E-state index contributed by atoms with van der Waals surface area (Å²) < 4.78 is 29.2. The SMILES string of the molecule is CCCC[C@H]1C[C@@H](I)[C@H](c2ccccc2)N1S(=O)(=O)c1ccc(C)cc1. The number of nitrogens with zero attached hydrogens (tertiary/aromatic N) is 1. The van der Waals surface area contributed by atoms with Gasteiger partial charge in [-0.15, -0.1) is 0 Å². The van der Waals surface area contributed by atoms with Gasteiger partial charge in [-0.1, -0.05) is 90.4 Å². The highest BCUT2D eigenvalue weighted by Crippen LogP contribution is 2.45. The molecule has 0 aromatic heterocycles. The highest BCUT2D eigenvalue weighted by molar-refractivity contribution is 14.1. The number of rotatable bonds is 6. The smallest absolute Gasteiger partial charge is 0.207 e. The number of halogens is 1. The monoisotopic (exact) mass is 483 g/mol. The lowest BCUT2D eigenvalue weighted by molar-refractivity contribution is 0.310. The van der Waals surface area contributed by atoms with Gasteiger partial charge in [-0.25, -0.2) is 8.42 Å². The van der Waals surface area contributed by atoms with Gasteiger partial charge < -0.3 is 0 Å². The van der Waals surface area contributed by atoms with Crippen molar-refractivity contribution < 1.29 is 8.42 Å². The van der Waals surface area contributed by atoms with Crippen molar-refractivity contribution in [1.82, 2.24) is 4.31 Å². The molecule has 1 aliphatic rings. The van der Waals surface area contributed by atoms with Crippen LogP contribution in [0.15, 0.2) is 59.5 Å². The number of alkyl halides is 1. The zero-order valence-corrected chi connectivity index (χ0v) is 18.3. The van der Waals surface area contributed by atoms with Gasteiger partial charge in [-0.3, -0.25) is 0 Å². The molecule has 3 nitrogen and oxygen atoms in total. The van der Waals surface area contributed by atoms with E-state index < -0.39 is 10.0 Å². The first-order chi connectivity index (χ1) is 12.4. The van der Waals surface area contributed by atoms with Crippen LogP contribution in [0.3, 0.4) is 0 Å². The molecule has 1 heterocycles. The van der Waals surface area contributed by atoms with E-state index in [2.05, 4.69) is 41.6 Å². The summed E-state index contributed by atoms with van der Waals surface area (Å²) in [4.78, 5) is 0.399. The molecule has 0 bridgehead atoms. The lowest BCUT2D eigenvalue weighted by Gasteiger charge is -2.30. The van der Waals surface area contributed by atoms with Crippen molar-refractivity contribution in [1.29, 1.82) is 0 Å². The van der Waals surface area contributed by atoms with Crippen molar-refractivity contribution in [2.75, 3.05) is 0 Å². The molecule has 3 rings (SSSR count). The van der Waals surface area contributed by atoms with E-state index in [-0.39, 0.29) is 16.0 Å². The highest BCUT2D eigenvalue weighted by atomic mass is 127. The Morgan fingerprint density at radius 2 is 1.73 bits per heavy atom. The molecule has 1 saturated heterocycles. The van der Waals surface area contributed by atoms with Crippen LogP contribution in [0, 0.1) is 6.92 Å². The van der Waals surface area contributed by atoms with Gasteiger partial charge in [-0.2, -0.15) is 4.31 Å². The summed E-state index contributed by atoms with van der Waals surface area (Å²) in [5, 5.41) is 0. The quantitative estimate of drug-likeness (QED) is 0.403. The van der Waals surface area contributed by atoms with Crippen LogP contribution < -0.4 is 0 Å². The van der Waals surface area contributed by atoms with Gasteiger partial charge in [0.1, 0.15) is 0 Å². The molecule has 2 aromatic carbocycles. The third-order valence-corrected chi connectivity index (χ3v) is 8.24. The fourth-order valence-electron chi connectivity index (χ4n) is 3.75. The molecule has 0 radical (unpaired) electrons. The molecule has 3 atom stereocenters. The van der Waals surface area contributed by atoms with Crippen LogP contribution in [0.4, 0.5) is 0 Å². The van der Waals surface area contributed by atoms with Crippen molar-refractivity contribution in [2.24, 2.45) is 0 Å². The zero-order chi connectivity index (χ0) is 18.7. The minimum atomic E-state index is -3.54. The van der Waals surface area contributed by atoms with E-state index in [4.69, 9.17) is 0 Å². The Bertz CT molecular complexity index is 821. The Balaban J connectivity index is 2.05. The minimum absolute atomic E-state index is 0.0633. The Morgan fingerprint density at radius 1 is 1.08 bits per heavy atom. The summed E-state index contributed by atoms with van der Waals surface area (Å²) in [6.45, 7) is 4.13. The molecule has 5 heteroatoms. The van der Waals surface area contributed by atoms with Gasteiger partial charge in [-0.05, 0) is 37.5 Å². The predicted molar refractivity (Wildman–Crippen MR) is 115 cm³/mol. The zero-order valence-electron chi connectivity index (χ0n) is 15.3. The van der Waals surface area contributed by atoms with E-state index in [9.17, 15) is 8.42 Å². The van der Waals surface area contributed by atoms with Crippen LogP contribution in [0.2, 0.25) is 0 Å². The maximum Gasteiger partial charge on any atom is 0.243 e. The first kappa shape index (κ1) is 19.8. The molecule has 1 fully saturated rings. The van der Waals surface area contributed by atoms with Crippen LogP contribution >= 0.6 is 22.6 Å². The number of unbranched alkanes of at least 4 members (excludes halogenated alkanes) is 1. The lowest BCUT2D eigenvalue weighted by Crippen LogP contribution is -2.38. The molecular weight excluding hydrogens is 457 g/mol. The number of aryl methyl sites for hydroxylation is 1. The molecule has 1 aliphatic heterocycles. The Morgan fingerprint density at radius 3 is 2.35 bits per heavy atom. The van der Waals surface area contributed by atoms with Crippen molar-refractivity contribution in [3.63, 3.8) is 0 Å². The molecule has 2 aromatic rings. The molecular formula is C21H26INO2S. The summed E-state index contributed by atoms with van der Waals surface area (Å²) >= 11 is 2.44. The van der Waals surface area contributed by atoms with E-state index in [1.54, 1.807) is 16.4 Å². The number of sulfonamides is 1. The molecule has 26 heavy (non-hydrogen) atoms. The second-order valence-electron chi connectivity index (χ2n) is 7.05. The first-order valence-corrected chi connectivity index (χ1v) is 11.9. The minimum Gasteiger partial charge on any atom is -0.207 e. The number of benzene rings is 2. The normalized spacial score (nSPS) is 24.0. The molecule has 0 amide bonds. The molecule has 0 unspecified atom stereocenters. The van der Waals surface area contributed by atoms with Gasteiger partial charge in [0, 0.05) is 9.97 Å². The van der Waals surface area contributed by atoms with Crippen molar-refractivity contribution in [3.8, 4) is 0 Å². The summed E-state index contributed by atoms with van der Waals surface area (Å²) in [5.41, 5.74) is 2.15. The van der Waals surface area contributed by atoms with Crippen molar-refractivity contribution >= 4 is 32.6 Å². The van der Waals surface area contributed by atoms with Crippen molar-refractivity contribution in [2.45, 2.75) is 60.4 Å². The van der Waals surface area contributed by atoms with E-state index in [0.29, 0.717) is 4.90 Å². The predicted octanol–water partition coefficient (Wildman–Crippen LogP) is 5.49. The molecule has 0 spiro atoms. The van der Waals surface area contributed by atoms with Crippen LogP contribution in [0.25, 0.3) is 0 Å². The molecule has 0 N–H and O–H groups in total. The van der Waals surface area contributed by atoms with Gasteiger partial charge in [0.25, 0.3) is 0 Å². The number of hydrogen-bond donors (Lipinski definition) is 0. The summed E-state index contributed by atoms with van der Waals surface area (Å²) in [6, 6.07) is 17.3. The third-order valence-electron chi connectivity index (χ3n) is 5.10. The summed E-state index contributed by atoms with van der Waals surface area (Å²) in [7, 11) is -3.54. The van der Waals surface area contributed by atoms with Crippen LogP contribution in [0.1, 0.15) is 49.8 Å². The fraction of sp³-hybridized carbons (Fsp3) is 0.429. The van der Waals surface area contributed by atoms with Gasteiger partial charge in [0.05, 0.1) is 10.9 Å². The first-order valence-electron chi connectivity index (χ1n) is 9.24. The maximum atomic E-state index is 13.6. The molecule has 0 aliphatic carbocycles. The second kappa shape index (κ2) is 8.40. The Hall–Kier alpha value is -0.920. The van der Waals surface area contributed by atoms with E-state index in [1.165, 1.54) is 0 Å². The van der Waals surface area contributed by atoms with Crippen LogP contribution in [-0.4, -0.2) is 22.7 Å².